The van der Waals surface area contributed by atoms with E-state index in [1.807, 2.05) is 56.6 Å². The van der Waals surface area contributed by atoms with Crippen molar-refractivity contribution in [3.63, 3.8) is 0 Å². The summed E-state index contributed by atoms with van der Waals surface area (Å²) in [6.45, 7) is 1.74. The molecule has 0 atom stereocenters. The van der Waals surface area contributed by atoms with Crippen LogP contribution in [0.1, 0.15) is 5.56 Å². The van der Waals surface area contributed by atoms with Crippen LogP contribution >= 0.6 is 11.8 Å². The van der Waals surface area contributed by atoms with E-state index in [-0.39, 0.29) is 27.4 Å². The van der Waals surface area contributed by atoms with Crippen molar-refractivity contribution in [2.75, 3.05) is 23.9 Å². The topological polar surface area (TPSA) is 88.2 Å². The smallest absolute Gasteiger partial charge is 0.294 e. The van der Waals surface area contributed by atoms with Crippen molar-refractivity contribution < 1.29 is 4.92 Å². The van der Waals surface area contributed by atoms with Gasteiger partial charge >= 0.3 is 0 Å². The first kappa shape index (κ1) is 26.2. The molecule has 2 aromatic heterocycles. The Kier molecular flexibility index (Phi) is 5.54. The van der Waals surface area contributed by atoms with Gasteiger partial charge in [0, 0.05) is 57.5 Å². The fraction of sp³-hybridized carbons (Fsp3) is 0.0857. The molecule has 0 N–H and O–H groups in total. The summed E-state index contributed by atoms with van der Waals surface area (Å²) >= 11 is 1.59. The van der Waals surface area contributed by atoms with Gasteiger partial charge in [-0.3, -0.25) is 19.7 Å². The molecule has 44 heavy (non-hydrogen) atoms. The van der Waals surface area contributed by atoms with E-state index in [2.05, 4.69) is 28.0 Å². The first-order valence-electron chi connectivity index (χ1n) is 14.1. The van der Waals surface area contributed by atoms with Gasteiger partial charge in [0.2, 0.25) is 0 Å². The number of rotatable bonds is 3. The highest BCUT2D eigenvalue weighted by atomic mass is 32.2. The van der Waals surface area contributed by atoms with Gasteiger partial charge in [-0.1, -0.05) is 36.0 Å². The maximum atomic E-state index is 14.3. The SMILES string of the molecule is Cc1cc([N+](=O)[O-])c2c(c1)c(=O)c1cccc3c(=O)c4cc5c(cc4n2c31)Sc1ccc(N(C)C)cc1N5c1ccccc1. The number of nitrogens with zero attached hydrogens (tertiary/aromatic N) is 4. The average Bonchev–Trinajstić information content (AvgIpc) is 3.02. The van der Waals surface area contributed by atoms with E-state index in [1.165, 1.54) is 6.07 Å². The van der Waals surface area contributed by atoms with Crippen LogP contribution in [0.3, 0.4) is 0 Å². The van der Waals surface area contributed by atoms with Crippen LogP contribution in [0.2, 0.25) is 0 Å². The highest BCUT2D eigenvalue weighted by molar-refractivity contribution is 7.99. The molecule has 7 aromatic rings. The number of anilines is 4. The van der Waals surface area contributed by atoms with Crippen LogP contribution in [-0.2, 0) is 0 Å². The number of fused-ring (bicyclic) bond motifs is 6. The Morgan fingerprint density at radius 1 is 0.727 bits per heavy atom. The van der Waals surface area contributed by atoms with E-state index in [1.54, 1.807) is 47.4 Å². The van der Waals surface area contributed by atoms with Gasteiger partial charge in [0.05, 0.1) is 32.7 Å². The van der Waals surface area contributed by atoms with Crippen molar-refractivity contribution in [2.24, 2.45) is 0 Å². The Morgan fingerprint density at radius 2 is 1.43 bits per heavy atom. The number of hydrogen-bond acceptors (Lipinski definition) is 7. The van der Waals surface area contributed by atoms with E-state index < -0.39 is 4.92 Å². The largest absolute Gasteiger partial charge is 0.378 e. The molecule has 0 spiro atoms. The molecule has 9 heteroatoms. The zero-order valence-corrected chi connectivity index (χ0v) is 24.8. The zero-order valence-electron chi connectivity index (χ0n) is 24.0. The van der Waals surface area contributed by atoms with E-state index in [4.69, 9.17) is 0 Å². The highest BCUT2D eigenvalue weighted by Crippen LogP contribution is 2.53. The average molecular weight is 597 g/mol. The molecule has 0 aliphatic carbocycles. The van der Waals surface area contributed by atoms with Crippen LogP contribution in [-0.4, -0.2) is 23.4 Å². The van der Waals surface area contributed by atoms with Crippen molar-refractivity contribution in [1.82, 2.24) is 4.40 Å². The molecule has 214 valence electrons. The molecule has 0 saturated heterocycles. The summed E-state index contributed by atoms with van der Waals surface area (Å²) in [7, 11) is 4.00. The second-order valence-corrected chi connectivity index (χ2v) is 12.4. The summed E-state index contributed by atoms with van der Waals surface area (Å²) in [4.78, 5) is 46.1. The first-order valence-corrected chi connectivity index (χ1v) is 14.9. The molecule has 1 aliphatic rings. The lowest BCUT2D eigenvalue weighted by Gasteiger charge is -2.34. The Labute approximate surface area is 254 Å². The molecule has 0 radical (unpaired) electrons. The minimum absolute atomic E-state index is 0.174. The molecule has 0 unspecified atom stereocenters. The van der Waals surface area contributed by atoms with E-state index in [0.29, 0.717) is 32.8 Å². The van der Waals surface area contributed by atoms with Gasteiger partial charge in [-0.2, -0.15) is 0 Å². The maximum Gasteiger partial charge on any atom is 0.294 e. The Hall–Kier alpha value is -5.41. The lowest BCUT2D eigenvalue weighted by molar-refractivity contribution is -0.383. The lowest BCUT2D eigenvalue weighted by Crippen LogP contribution is -2.18. The van der Waals surface area contributed by atoms with Crippen LogP contribution in [0.15, 0.2) is 110 Å². The van der Waals surface area contributed by atoms with Crippen LogP contribution in [0.4, 0.5) is 28.4 Å². The third kappa shape index (κ3) is 3.59. The van der Waals surface area contributed by atoms with Gasteiger partial charge < -0.3 is 14.2 Å². The molecule has 0 saturated carbocycles. The predicted molar refractivity (Wildman–Crippen MR) is 178 cm³/mol. The lowest BCUT2D eigenvalue weighted by atomic mass is 10.0. The quantitative estimate of drug-likeness (QED) is 0.0891. The van der Waals surface area contributed by atoms with Gasteiger partial charge in [-0.25, -0.2) is 0 Å². The second-order valence-electron chi connectivity index (χ2n) is 11.3. The van der Waals surface area contributed by atoms with Gasteiger partial charge in [0.25, 0.3) is 5.69 Å². The molecule has 0 fully saturated rings. The van der Waals surface area contributed by atoms with Crippen molar-refractivity contribution in [2.45, 2.75) is 16.7 Å². The molecule has 8 rings (SSSR count). The van der Waals surface area contributed by atoms with Crippen molar-refractivity contribution in [3.8, 4) is 0 Å². The molecular weight excluding hydrogens is 572 g/mol. The normalized spacial score (nSPS) is 12.7. The number of pyridine rings is 2. The predicted octanol–water partition coefficient (Wildman–Crippen LogP) is 7.77. The molecule has 0 amide bonds. The summed E-state index contributed by atoms with van der Waals surface area (Å²) in [5, 5.41) is 13.8. The van der Waals surface area contributed by atoms with Gasteiger partial charge in [0.1, 0.15) is 5.52 Å². The molecule has 5 aromatic carbocycles. The van der Waals surface area contributed by atoms with Crippen LogP contribution in [0, 0.1) is 17.0 Å². The standard InChI is InChI=1S/C35H24N4O4S/c1-19-14-25-33(29(15-19)39(42)43)38-26-18-31-28(17-24(26)34(40)22-10-7-11-23(32(22)38)35(25)41)37(20-8-5-4-6-9-20)27-16-21(36(2)3)12-13-30(27)44-31/h4-18H,1-3H3. The first-order chi connectivity index (χ1) is 21.2. The number of aryl methyl sites for hydroxylation is 1. The summed E-state index contributed by atoms with van der Waals surface area (Å²) < 4.78 is 1.76. The summed E-state index contributed by atoms with van der Waals surface area (Å²) in [6.07, 6.45) is 0. The maximum absolute atomic E-state index is 14.3. The Morgan fingerprint density at radius 3 is 2.14 bits per heavy atom. The minimum Gasteiger partial charge on any atom is -0.378 e. The number of nitro benzene ring substituents is 1. The van der Waals surface area contributed by atoms with Crippen LogP contribution < -0.4 is 20.7 Å². The van der Waals surface area contributed by atoms with E-state index in [0.717, 1.165) is 32.5 Å². The van der Waals surface area contributed by atoms with E-state index >= 15 is 0 Å². The molecular formula is C35H24N4O4S. The Balaban J connectivity index is 1.57. The molecule has 8 nitrogen and oxygen atoms in total. The number of non-ortho nitro benzene ring substituents is 1. The number of aromatic nitrogens is 1. The highest BCUT2D eigenvalue weighted by Gasteiger charge is 2.29. The third-order valence-corrected chi connectivity index (χ3v) is 9.50. The summed E-state index contributed by atoms with van der Waals surface area (Å²) in [5.41, 5.74) is 4.80. The second kappa shape index (κ2) is 9.29. The number of benzene rings is 5. The van der Waals surface area contributed by atoms with Crippen LogP contribution in [0.25, 0.3) is 38.1 Å². The summed E-state index contributed by atoms with van der Waals surface area (Å²) in [5.74, 6) is 0. The molecule has 0 bridgehead atoms. The Bertz CT molecular complexity index is 2490. The minimum atomic E-state index is -0.453. The monoisotopic (exact) mass is 596 g/mol. The fourth-order valence-corrected chi connectivity index (χ4v) is 7.48. The molecule has 1 aliphatic heterocycles. The number of hydrogen-bond donors (Lipinski definition) is 0. The van der Waals surface area contributed by atoms with Crippen molar-refractivity contribution in [3.05, 3.63) is 127 Å². The number of para-hydroxylation sites is 2. The van der Waals surface area contributed by atoms with Crippen molar-refractivity contribution in [1.29, 1.82) is 0 Å². The van der Waals surface area contributed by atoms with Crippen LogP contribution in [0.5, 0.6) is 0 Å². The van der Waals surface area contributed by atoms with Gasteiger partial charge in [-0.05, 0) is 73.2 Å². The van der Waals surface area contributed by atoms with Gasteiger partial charge in [-0.15, -0.1) is 0 Å². The third-order valence-electron chi connectivity index (χ3n) is 8.39. The summed E-state index contributed by atoms with van der Waals surface area (Å²) in [6, 6.07) is 28.4. The number of nitro groups is 1. The van der Waals surface area contributed by atoms with Gasteiger partial charge in [0.15, 0.2) is 10.9 Å². The van der Waals surface area contributed by atoms with Crippen molar-refractivity contribution >= 4 is 78.3 Å². The molecule has 3 heterocycles. The van der Waals surface area contributed by atoms with E-state index in [9.17, 15) is 19.7 Å². The fourth-order valence-electron chi connectivity index (χ4n) is 6.43. The zero-order chi connectivity index (χ0) is 30.4.